The molecule has 2 aliphatic heterocycles. The van der Waals surface area contributed by atoms with E-state index in [2.05, 4.69) is 20.2 Å². The number of hydrazine groups is 1. The fourth-order valence-corrected chi connectivity index (χ4v) is 5.06. The first kappa shape index (κ1) is 24.1. The lowest BCUT2D eigenvalue weighted by Crippen LogP contribution is -2.54. The quantitative estimate of drug-likeness (QED) is 0.397. The van der Waals surface area contributed by atoms with E-state index in [1.165, 1.54) is 0 Å². The van der Waals surface area contributed by atoms with Crippen LogP contribution in [0.15, 0.2) is 72.8 Å². The molecule has 1 saturated heterocycles. The van der Waals surface area contributed by atoms with Crippen LogP contribution in [0.1, 0.15) is 20.7 Å². The van der Waals surface area contributed by atoms with E-state index in [1.54, 1.807) is 0 Å². The summed E-state index contributed by atoms with van der Waals surface area (Å²) in [5.41, 5.74) is 7.03. The maximum absolute atomic E-state index is 12.4. The van der Waals surface area contributed by atoms with Crippen LogP contribution in [0.4, 0.5) is 0 Å². The van der Waals surface area contributed by atoms with Gasteiger partial charge in [0.25, 0.3) is 11.8 Å². The van der Waals surface area contributed by atoms with Crippen LogP contribution in [-0.4, -0.2) is 77.1 Å². The first-order valence-corrected chi connectivity index (χ1v) is 13.0. The summed E-state index contributed by atoms with van der Waals surface area (Å²) < 4.78 is 8.15. The predicted octanol–water partition coefficient (Wildman–Crippen LogP) is 2.79. The van der Waals surface area contributed by atoms with E-state index < -0.39 is 0 Å². The molecule has 194 valence electrons. The van der Waals surface area contributed by atoms with E-state index in [4.69, 9.17) is 9.72 Å². The summed E-state index contributed by atoms with van der Waals surface area (Å²) in [5, 5.41) is 4.94. The smallest absolute Gasteiger partial charge is 0.265 e. The highest BCUT2D eigenvalue weighted by atomic mass is 16.5. The molecule has 4 aromatic rings. The highest BCUT2D eigenvalue weighted by Crippen LogP contribution is 2.29. The van der Waals surface area contributed by atoms with Gasteiger partial charge in [0.15, 0.2) is 0 Å². The van der Waals surface area contributed by atoms with Gasteiger partial charge in [0.2, 0.25) is 0 Å². The first-order chi connectivity index (χ1) is 18.7. The summed E-state index contributed by atoms with van der Waals surface area (Å²) in [7, 11) is 0. The van der Waals surface area contributed by atoms with Crippen molar-refractivity contribution < 1.29 is 14.3 Å². The Morgan fingerprint density at radius 3 is 2.50 bits per heavy atom. The molecule has 1 aromatic heterocycles. The van der Waals surface area contributed by atoms with Gasteiger partial charge in [-0.3, -0.25) is 19.9 Å². The average Bonchev–Trinajstić information content (AvgIpc) is 3.24. The number of para-hydroxylation sites is 1. The van der Waals surface area contributed by atoms with Gasteiger partial charge in [-0.1, -0.05) is 24.3 Å². The molecule has 3 heterocycles. The molecule has 2 aliphatic rings. The number of piperazine rings is 1. The minimum Gasteiger partial charge on any atom is -0.492 e. The van der Waals surface area contributed by atoms with Crippen LogP contribution in [0.3, 0.4) is 0 Å². The van der Waals surface area contributed by atoms with Crippen molar-refractivity contribution in [2.24, 2.45) is 0 Å². The molecule has 2 N–H and O–H groups in total. The molecule has 1 fully saturated rings. The van der Waals surface area contributed by atoms with Crippen molar-refractivity contribution in [2.75, 3.05) is 45.9 Å². The molecule has 0 atom stereocenters. The Balaban J connectivity index is 1.01. The Morgan fingerprint density at radius 2 is 1.71 bits per heavy atom. The van der Waals surface area contributed by atoms with Crippen LogP contribution in [0.5, 0.6) is 5.75 Å². The number of benzene rings is 3. The van der Waals surface area contributed by atoms with E-state index in [1.807, 2.05) is 77.8 Å². The molecule has 9 nitrogen and oxygen atoms in total. The number of rotatable bonds is 7. The molecule has 38 heavy (non-hydrogen) atoms. The zero-order valence-electron chi connectivity index (χ0n) is 21.1. The Morgan fingerprint density at radius 1 is 0.921 bits per heavy atom. The summed E-state index contributed by atoms with van der Waals surface area (Å²) in [4.78, 5) is 31.9. The van der Waals surface area contributed by atoms with Gasteiger partial charge in [-0.15, -0.1) is 0 Å². The van der Waals surface area contributed by atoms with Gasteiger partial charge in [-0.05, 0) is 48.5 Å². The number of carbonyl (C=O) groups is 2. The zero-order valence-corrected chi connectivity index (χ0v) is 21.1. The van der Waals surface area contributed by atoms with Crippen molar-refractivity contribution >= 4 is 22.8 Å². The molecular formula is C29H30N6O3. The van der Waals surface area contributed by atoms with E-state index in [0.717, 1.165) is 60.9 Å². The largest absolute Gasteiger partial charge is 0.492 e. The molecule has 0 unspecified atom stereocenters. The van der Waals surface area contributed by atoms with Gasteiger partial charge in [0.1, 0.15) is 18.2 Å². The molecule has 0 spiro atoms. The number of aromatic nitrogens is 2. The average molecular weight is 511 g/mol. The van der Waals surface area contributed by atoms with Gasteiger partial charge in [-0.25, -0.2) is 9.99 Å². The van der Waals surface area contributed by atoms with E-state index >= 15 is 0 Å². The van der Waals surface area contributed by atoms with E-state index in [9.17, 15) is 9.59 Å². The van der Waals surface area contributed by atoms with Crippen molar-refractivity contribution in [3.8, 4) is 17.1 Å². The lowest BCUT2D eigenvalue weighted by Gasteiger charge is -2.34. The summed E-state index contributed by atoms with van der Waals surface area (Å²) >= 11 is 0. The maximum atomic E-state index is 12.4. The Bertz CT molecular complexity index is 1440. The Hall–Kier alpha value is -4.21. The number of hydrogen-bond acceptors (Lipinski definition) is 6. The van der Waals surface area contributed by atoms with Crippen LogP contribution >= 0.6 is 0 Å². The summed E-state index contributed by atoms with van der Waals surface area (Å²) in [5.74, 6) is 1.54. The highest BCUT2D eigenvalue weighted by Gasteiger charge is 2.22. The zero-order chi connectivity index (χ0) is 25.9. The van der Waals surface area contributed by atoms with Gasteiger partial charge in [-0.2, -0.15) is 0 Å². The van der Waals surface area contributed by atoms with Crippen LogP contribution in [0.2, 0.25) is 0 Å². The van der Waals surface area contributed by atoms with Crippen LogP contribution in [0, 0.1) is 0 Å². The van der Waals surface area contributed by atoms with Crippen molar-refractivity contribution in [1.82, 2.24) is 30.2 Å². The van der Waals surface area contributed by atoms with Crippen LogP contribution in [0.25, 0.3) is 22.4 Å². The molecule has 0 aliphatic carbocycles. The SMILES string of the molecule is O=C(NN1CCN(CCOc2ccc(-c3nc4cccc5c4n3CCNC5=O)cc2)CC1)c1ccccc1. The van der Waals surface area contributed by atoms with Gasteiger partial charge in [0.05, 0.1) is 16.6 Å². The van der Waals surface area contributed by atoms with Crippen molar-refractivity contribution in [2.45, 2.75) is 6.54 Å². The van der Waals surface area contributed by atoms with Gasteiger partial charge in [0, 0.05) is 56.9 Å². The minimum absolute atomic E-state index is 0.0529. The third-order valence-corrected chi connectivity index (χ3v) is 7.09. The third kappa shape index (κ3) is 4.98. The number of amides is 2. The lowest BCUT2D eigenvalue weighted by molar-refractivity contribution is 0.0590. The molecule has 9 heteroatoms. The Kier molecular flexibility index (Phi) is 6.76. The number of carbonyl (C=O) groups excluding carboxylic acids is 2. The second-order valence-corrected chi connectivity index (χ2v) is 9.52. The summed E-state index contributed by atoms with van der Waals surface area (Å²) in [6.07, 6.45) is 0. The van der Waals surface area contributed by atoms with Crippen LogP contribution in [-0.2, 0) is 6.54 Å². The van der Waals surface area contributed by atoms with Crippen molar-refractivity contribution in [1.29, 1.82) is 0 Å². The van der Waals surface area contributed by atoms with E-state index in [-0.39, 0.29) is 11.8 Å². The molecular weight excluding hydrogens is 480 g/mol. The second-order valence-electron chi connectivity index (χ2n) is 9.52. The molecule has 3 aromatic carbocycles. The highest BCUT2D eigenvalue weighted by molar-refractivity contribution is 6.06. The van der Waals surface area contributed by atoms with Gasteiger partial charge >= 0.3 is 0 Å². The molecule has 0 radical (unpaired) electrons. The summed E-state index contributed by atoms with van der Waals surface area (Å²) in [6.45, 7) is 5.94. The maximum Gasteiger partial charge on any atom is 0.265 e. The minimum atomic E-state index is -0.0697. The number of imidazole rings is 1. The fraction of sp³-hybridized carbons (Fsp3) is 0.276. The topological polar surface area (TPSA) is 91.7 Å². The second kappa shape index (κ2) is 10.6. The normalized spacial score (nSPS) is 16.2. The third-order valence-electron chi connectivity index (χ3n) is 7.09. The molecule has 0 saturated carbocycles. The predicted molar refractivity (Wildman–Crippen MR) is 145 cm³/mol. The number of nitrogens with zero attached hydrogens (tertiary/aromatic N) is 4. The first-order valence-electron chi connectivity index (χ1n) is 13.0. The standard InChI is InChI=1S/C29H30N6O3/c36-28(22-5-2-1-3-6-22)32-34-17-15-33(16-18-34)19-20-38-23-11-9-21(10-12-23)27-31-25-8-4-7-24-26(25)35(27)14-13-30-29(24)37/h1-12H,13-20H2,(H,30,37)(H,32,36). The molecule has 2 amide bonds. The number of hydrogen-bond donors (Lipinski definition) is 2. The van der Waals surface area contributed by atoms with Crippen molar-refractivity contribution in [3.63, 3.8) is 0 Å². The fourth-order valence-electron chi connectivity index (χ4n) is 5.06. The van der Waals surface area contributed by atoms with Gasteiger partial charge < -0.3 is 14.6 Å². The molecule has 0 bridgehead atoms. The Labute approximate surface area is 221 Å². The van der Waals surface area contributed by atoms with E-state index in [0.29, 0.717) is 30.8 Å². The number of ether oxygens (including phenoxy) is 1. The monoisotopic (exact) mass is 510 g/mol. The lowest BCUT2D eigenvalue weighted by atomic mass is 10.1. The van der Waals surface area contributed by atoms with Crippen LogP contribution < -0.4 is 15.5 Å². The summed E-state index contributed by atoms with van der Waals surface area (Å²) in [6, 6.07) is 22.9. The number of nitrogens with one attached hydrogen (secondary N) is 2. The molecule has 6 rings (SSSR count). The van der Waals surface area contributed by atoms with Crippen molar-refractivity contribution in [3.05, 3.63) is 83.9 Å².